The van der Waals surface area contributed by atoms with E-state index in [1.807, 2.05) is 6.92 Å². The van der Waals surface area contributed by atoms with Gasteiger partial charge in [-0.2, -0.15) is 0 Å². The highest BCUT2D eigenvalue weighted by Gasteiger charge is 2.34. The van der Waals surface area contributed by atoms with Gasteiger partial charge in [0.25, 0.3) is 0 Å². The van der Waals surface area contributed by atoms with Crippen LogP contribution in [0.2, 0.25) is 0 Å². The molecule has 0 bridgehead atoms. The molecule has 0 radical (unpaired) electrons. The van der Waals surface area contributed by atoms with Gasteiger partial charge in [-0.25, -0.2) is 0 Å². The summed E-state index contributed by atoms with van der Waals surface area (Å²) < 4.78 is 5.03. The zero-order valence-electron chi connectivity index (χ0n) is 10.3. The molecule has 1 aliphatic carbocycles. The molecule has 0 amide bonds. The number of hydrogen-bond acceptors (Lipinski definition) is 3. The molecule has 1 atom stereocenters. The molecule has 1 saturated heterocycles. The quantitative estimate of drug-likeness (QED) is 0.687. The summed E-state index contributed by atoms with van der Waals surface area (Å²) in [6.07, 6.45) is 8.03. The van der Waals surface area contributed by atoms with Crippen molar-refractivity contribution in [2.24, 2.45) is 5.92 Å². The Labute approximate surface area is 98.1 Å². The first kappa shape index (κ1) is 11.9. The minimum absolute atomic E-state index is 0.0487. The van der Waals surface area contributed by atoms with Crippen LogP contribution in [0.15, 0.2) is 0 Å². The molecule has 16 heavy (non-hydrogen) atoms. The predicted molar refractivity (Wildman–Crippen MR) is 63.2 cm³/mol. The molecule has 1 saturated carbocycles. The van der Waals surface area contributed by atoms with Gasteiger partial charge >= 0.3 is 5.97 Å². The lowest BCUT2D eigenvalue weighted by Crippen LogP contribution is -2.38. The first-order valence-electron chi connectivity index (χ1n) is 6.71. The summed E-state index contributed by atoms with van der Waals surface area (Å²) in [4.78, 5) is 13.9. The van der Waals surface area contributed by atoms with Crippen molar-refractivity contribution < 1.29 is 9.53 Å². The van der Waals surface area contributed by atoms with Crippen LogP contribution < -0.4 is 0 Å². The van der Waals surface area contributed by atoms with Gasteiger partial charge in [0, 0.05) is 6.04 Å². The van der Waals surface area contributed by atoms with Crippen LogP contribution in [0, 0.1) is 5.92 Å². The summed E-state index contributed by atoms with van der Waals surface area (Å²) >= 11 is 0. The standard InChI is InChI=1S/C13H23NO2/c1-2-16-13(15)10-14-9-5-8-12(14)11-6-3-4-7-11/h11-12H,2-10H2,1H3. The lowest BCUT2D eigenvalue weighted by Gasteiger charge is -2.28. The number of esters is 1. The van der Waals surface area contributed by atoms with Crippen LogP contribution in [-0.2, 0) is 9.53 Å². The van der Waals surface area contributed by atoms with Crippen LogP contribution in [0.25, 0.3) is 0 Å². The van der Waals surface area contributed by atoms with E-state index < -0.39 is 0 Å². The Hall–Kier alpha value is -0.570. The lowest BCUT2D eigenvalue weighted by molar-refractivity contribution is -0.144. The summed E-state index contributed by atoms with van der Waals surface area (Å²) in [6.45, 7) is 3.96. The molecule has 1 unspecified atom stereocenters. The van der Waals surface area contributed by atoms with Gasteiger partial charge in [-0.15, -0.1) is 0 Å². The Balaban J connectivity index is 1.85. The topological polar surface area (TPSA) is 29.5 Å². The van der Waals surface area contributed by atoms with Crippen molar-refractivity contribution in [1.29, 1.82) is 0 Å². The molecule has 0 aromatic heterocycles. The van der Waals surface area contributed by atoms with Crippen LogP contribution in [0.4, 0.5) is 0 Å². The van der Waals surface area contributed by atoms with E-state index in [2.05, 4.69) is 4.90 Å². The summed E-state index contributed by atoms with van der Waals surface area (Å²) in [7, 11) is 0. The first-order chi connectivity index (χ1) is 7.81. The van der Waals surface area contributed by atoms with Crippen LogP contribution in [0.1, 0.15) is 45.4 Å². The van der Waals surface area contributed by atoms with E-state index in [0.717, 1.165) is 12.5 Å². The third-order valence-electron chi connectivity index (χ3n) is 4.00. The average Bonchev–Trinajstić information content (AvgIpc) is 2.86. The maximum atomic E-state index is 11.5. The van der Waals surface area contributed by atoms with Crippen molar-refractivity contribution >= 4 is 5.97 Å². The molecule has 0 N–H and O–H groups in total. The van der Waals surface area contributed by atoms with E-state index in [0.29, 0.717) is 19.2 Å². The molecule has 1 heterocycles. The number of likely N-dealkylation sites (tertiary alicyclic amines) is 1. The number of carbonyl (C=O) groups excluding carboxylic acids is 1. The second-order valence-electron chi connectivity index (χ2n) is 5.03. The fourth-order valence-electron chi connectivity index (χ4n) is 3.30. The Morgan fingerprint density at radius 2 is 2.00 bits per heavy atom. The molecule has 92 valence electrons. The molecule has 1 aliphatic heterocycles. The Bertz CT molecular complexity index is 236. The van der Waals surface area contributed by atoms with E-state index in [-0.39, 0.29) is 5.97 Å². The molecule has 3 nitrogen and oxygen atoms in total. The third kappa shape index (κ3) is 2.76. The maximum absolute atomic E-state index is 11.5. The third-order valence-corrected chi connectivity index (χ3v) is 4.00. The first-order valence-corrected chi connectivity index (χ1v) is 6.71. The number of carbonyl (C=O) groups is 1. The fraction of sp³-hybridized carbons (Fsp3) is 0.923. The van der Waals surface area contributed by atoms with Crippen molar-refractivity contribution in [3.63, 3.8) is 0 Å². The fourth-order valence-corrected chi connectivity index (χ4v) is 3.30. The van der Waals surface area contributed by atoms with Gasteiger partial charge in [0.1, 0.15) is 0 Å². The summed E-state index contributed by atoms with van der Waals surface area (Å²) in [5.41, 5.74) is 0. The van der Waals surface area contributed by atoms with Gasteiger partial charge < -0.3 is 4.74 Å². The number of ether oxygens (including phenoxy) is 1. The highest BCUT2D eigenvalue weighted by molar-refractivity contribution is 5.71. The van der Waals surface area contributed by atoms with Crippen molar-refractivity contribution in [3.8, 4) is 0 Å². The van der Waals surface area contributed by atoms with Crippen molar-refractivity contribution in [3.05, 3.63) is 0 Å². The van der Waals surface area contributed by atoms with Crippen LogP contribution >= 0.6 is 0 Å². The van der Waals surface area contributed by atoms with E-state index in [1.54, 1.807) is 0 Å². The van der Waals surface area contributed by atoms with Crippen molar-refractivity contribution in [1.82, 2.24) is 4.90 Å². The normalized spacial score (nSPS) is 27.4. The molecule has 2 fully saturated rings. The largest absolute Gasteiger partial charge is 0.465 e. The highest BCUT2D eigenvalue weighted by atomic mass is 16.5. The van der Waals surface area contributed by atoms with Gasteiger partial charge in [0.2, 0.25) is 0 Å². The summed E-state index contributed by atoms with van der Waals surface area (Å²) in [5.74, 6) is 0.796. The number of hydrogen-bond donors (Lipinski definition) is 0. The highest BCUT2D eigenvalue weighted by Crippen LogP contribution is 2.35. The molecule has 0 aromatic carbocycles. The molecule has 3 heteroatoms. The summed E-state index contributed by atoms with van der Waals surface area (Å²) in [5, 5.41) is 0. The van der Waals surface area contributed by atoms with Gasteiger partial charge in [0.05, 0.1) is 13.2 Å². The van der Waals surface area contributed by atoms with Gasteiger partial charge in [-0.05, 0) is 45.1 Å². The Morgan fingerprint density at radius 1 is 1.25 bits per heavy atom. The molecule has 2 rings (SSSR count). The van der Waals surface area contributed by atoms with Gasteiger partial charge in [-0.3, -0.25) is 9.69 Å². The van der Waals surface area contributed by atoms with Gasteiger partial charge in [-0.1, -0.05) is 12.8 Å². The second-order valence-corrected chi connectivity index (χ2v) is 5.03. The van der Waals surface area contributed by atoms with Crippen LogP contribution in [-0.4, -0.2) is 36.6 Å². The Morgan fingerprint density at radius 3 is 2.69 bits per heavy atom. The minimum atomic E-state index is -0.0487. The van der Waals surface area contributed by atoms with E-state index in [1.165, 1.54) is 38.5 Å². The van der Waals surface area contributed by atoms with Gasteiger partial charge in [0.15, 0.2) is 0 Å². The number of nitrogens with zero attached hydrogens (tertiary/aromatic N) is 1. The minimum Gasteiger partial charge on any atom is -0.465 e. The maximum Gasteiger partial charge on any atom is 0.320 e. The van der Waals surface area contributed by atoms with Crippen molar-refractivity contribution in [2.75, 3.05) is 19.7 Å². The SMILES string of the molecule is CCOC(=O)CN1CCCC1C1CCCC1. The molecular formula is C13H23NO2. The Kier molecular flexibility index (Phi) is 4.22. The zero-order chi connectivity index (χ0) is 11.4. The summed E-state index contributed by atoms with van der Waals surface area (Å²) in [6, 6.07) is 0.659. The lowest BCUT2D eigenvalue weighted by atomic mass is 9.96. The van der Waals surface area contributed by atoms with E-state index in [4.69, 9.17) is 4.74 Å². The predicted octanol–water partition coefficient (Wildman–Crippen LogP) is 2.20. The second kappa shape index (κ2) is 5.67. The number of rotatable bonds is 4. The van der Waals surface area contributed by atoms with E-state index in [9.17, 15) is 4.79 Å². The monoisotopic (exact) mass is 225 g/mol. The van der Waals surface area contributed by atoms with E-state index >= 15 is 0 Å². The zero-order valence-corrected chi connectivity index (χ0v) is 10.3. The average molecular weight is 225 g/mol. The van der Waals surface area contributed by atoms with Crippen LogP contribution in [0.5, 0.6) is 0 Å². The molecule has 2 aliphatic rings. The van der Waals surface area contributed by atoms with Crippen molar-refractivity contribution in [2.45, 2.75) is 51.5 Å². The molecule has 0 aromatic rings. The molecule has 0 spiro atoms. The smallest absolute Gasteiger partial charge is 0.320 e. The molecular weight excluding hydrogens is 202 g/mol. The van der Waals surface area contributed by atoms with Crippen LogP contribution in [0.3, 0.4) is 0 Å².